The Kier molecular flexibility index (Phi) is 6.32. The molecule has 2 rings (SSSR count). The first kappa shape index (κ1) is 22.7. The van der Waals surface area contributed by atoms with E-state index in [2.05, 4.69) is 33.4 Å². The molecule has 0 fully saturated rings. The molecule has 0 atom stereocenters. The Hall–Kier alpha value is -2.55. The van der Waals surface area contributed by atoms with Crippen molar-refractivity contribution in [3.05, 3.63) is 70.3 Å². The predicted molar refractivity (Wildman–Crippen MR) is 120 cm³/mol. The van der Waals surface area contributed by atoms with E-state index >= 15 is 0 Å². The van der Waals surface area contributed by atoms with E-state index in [9.17, 15) is 9.90 Å². The Labute approximate surface area is 175 Å². The number of aryl methyl sites for hydroxylation is 2. The fraction of sp³-hybridized carbons (Fsp3) is 0.423. The highest BCUT2D eigenvalue weighted by Crippen LogP contribution is 2.35. The Balaban J connectivity index is 2.28. The molecule has 0 saturated carbocycles. The van der Waals surface area contributed by atoms with Crippen molar-refractivity contribution in [3.63, 3.8) is 0 Å². The highest BCUT2D eigenvalue weighted by molar-refractivity contribution is 6.16. The molecule has 156 valence electrons. The zero-order chi connectivity index (χ0) is 22.1. The maximum atomic E-state index is 12.8. The van der Waals surface area contributed by atoms with Crippen LogP contribution in [0.1, 0.15) is 74.9 Å². The standard InChI is InChI=1S/C26H34O3/c1-16-10-11-20(21(13-16)25(4,5)6)18(3)24(28)29-15-19-12-17(2)14-22(23(19)27)26(7,8)9/h10-14,27H,3,15H2,1-2,4-9H3. The summed E-state index contributed by atoms with van der Waals surface area (Å²) in [6.07, 6.45) is 0. The van der Waals surface area contributed by atoms with Crippen molar-refractivity contribution in [1.29, 1.82) is 0 Å². The molecule has 0 saturated heterocycles. The minimum absolute atomic E-state index is 0.00512. The number of carbonyl (C=O) groups excluding carboxylic acids is 1. The molecule has 0 radical (unpaired) electrons. The number of hydrogen-bond acceptors (Lipinski definition) is 3. The van der Waals surface area contributed by atoms with Gasteiger partial charge in [-0.25, -0.2) is 4.79 Å². The molecule has 0 heterocycles. The van der Waals surface area contributed by atoms with Gasteiger partial charge in [0.1, 0.15) is 12.4 Å². The van der Waals surface area contributed by atoms with E-state index in [0.717, 1.165) is 27.8 Å². The van der Waals surface area contributed by atoms with Gasteiger partial charge >= 0.3 is 5.97 Å². The van der Waals surface area contributed by atoms with Gasteiger partial charge in [0, 0.05) is 5.56 Å². The smallest absolute Gasteiger partial charge is 0.338 e. The van der Waals surface area contributed by atoms with Crippen LogP contribution in [0.4, 0.5) is 0 Å². The van der Waals surface area contributed by atoms with Gasteiger partial charge in [-0.3, -0.25) is 0 Å². The van der Waals surface area contributed by atoms with Crippen molar-refractivity contribution in [3.8, 4) is 5.75 Å². The highest BCUT2D eigenvalue weighted by Gasteiger charge is 2.24. The zero-order valence-corrected chi connectivity index (χ0v) is 19.1. The third kappa shape index (κ3) is 5.29. The van der Waals surface area contributed by atoms with Crippen LogP contribution in [-0.2, 0) is 27.0 Å². The normalized spacial score (nSPS) is 12.0. The van der Waals surface area contributed by atoms with E-state index in [4.69, 9.17) is 4.74 Å². The van der Waals surface area contributed by atoms with E-state index in [1.165, 1.54) is 0 Å². The van der Waals surface area contributed by atoms with Gasteiger partial charge in [0.25, 0.3) is 0 Å². The number of phenols is 1. The number of phenolic OH excluding ortho intramolecular Hbond substituents is 1. The van der Waals surface area contributed by atoms with Gasteiger partial charge in [-0.15, -0.1) is 0 Å². The molecule has 2 aromatic rings. The van der Waals surface area contributed by atoms with Gasteiger partial charge in [0.05, 0.1) is 5.57 Å². The molecule has 0 bridgehead atoms. The van der Waals surface area contributed by atoms with Crippen LogP contribution in [0.3, 0.4) is 0 Å². The SMILES string of the molecule is C=C(C(=O)OCc1cc(C)cc(C(C)(C)C)c1O)c1ccc(C)cc1C(C)(C)C. The summed E-state index contributed by atoms with van der Waals surface area (Å²) >= 11 is 0. The van der Waals surface area contributed by atoms with Crippen LogP contribution in [0.5, 0.6) is 5.75 Å². The lowest BCUT2D eigenvalue weighted by Crippen LogP contribution is -2.17. The minimum Gasteiger partial charge on any atom is -0.507 e. The van der Waals surface area contributed by atoms with Crippen LogP contribution < -0.4 is 0 Å². The average molecular weight is 395 g/mol. The summed E-state index contributed by atoms with van der Waals surface area (Å²) in [6.45, 7) is 20.5. The Morgan fingerprint density at radius 2 is 1.48 bits per heavy atom. The van der Waals surface area contributed by atoms with Crippen molar-refractivity contribution in [2.45, 2.75) is 72.8 Å². The van der Waals surface area contributed by atoms with Crippen molar-refractivity contribution >= 4 is 11.5 Å². The number of ether oxygens (including phenoxy) is 1. The van der Waals surface area contributed by atoms with E-state index in [1.807, 2.05) is 58.9 Å². The first-order chi connectivity index (χ1) is 13.2. The van der Waals surface area contributed by atoms with Gasteiger partial charge in [0.15, 0.2) is 0 Å². The molecule has 29 heavy (non-hydrogen) atoms. The summed E-state index contributed by atoms with van der Waals surface area (Å²) in [7, 11) is 0. The second-order valence-corrected chi connectivity index (χ2v) is 9.92. The van der Waals surface area contributed by atoms with E-state index in [-0.39, 0.29) is 23.2 Å². The number of aromatic hydroxyl groups is 1. The fourth-order valence-electron chi connectivity index (χ4n) is 3.42. The van der Waals surface area contributed by atoms with Crippen LogP contribution in [0.2, 0.25) is 0 Å². The fourth-order valence-corrected chi connectivity index (χ4v) is 3.42. The Bertz CT molecular complexity index is 938. The van der Waals surface area contributed by atoms with Crippen LogP contribution in [0, 0.1) is 13.8 Å². The van der Waals surface area contributed by atoms with Gasteiger partial charge in [-0.1, -0.05) is 83.5 Å². The molecule has 2 aromatic carbocycles. The van der Waals surface area contributed by atoms with E-state index in [0.29, 0.717) is 11.1 Å². The highest BCUT2D eigenvalue weighted by atomic mass is 16.5. The first-order valence-electron chi connectivity index (χ1n) is 10.0. The number of rotatable bonds is 4. The maximum absolute atomic E-state index is 12.8. The Morgan fingerprint density at radius 3 is 2.03 bits per heavy atom. The summed E-state index contributed by atoms with van der Waals surface area (Å²) in [5.74, 6) is -0.287. The number of carbonyl (C=O) groups is 1. The van der Waals surface area contributed by atoms with E-state index < -0.39 is 5.97 Å². The van der Waals surface area contributed by atoms with Gasteiger partial charge in [0.2, 0.25) is 0 Å². The van der Waals surface area contributed by atoms with Crippen LogP contribution >= 0.6 is 0 Å². The minimum atomic E-state index is -0.474. The van der Waals surface area contributed by atoms with Crippen LogP contribution in [0.15, 0.2) is 36.9 Å². The van der Waals surface area contributed by atoms with Crippen molar-refractivity contribution < 1.29 is 14.6 Å². The Morgan fingerprint density at radius 1 is 0.931 bits per heavy atom. The van der Waals surface area contributed by atoms with Gasteiger partial charge < -0.3 is 9.84 Å². The second kappa shape index (κ2) is 8.06. The van der Waals surface area contributed by atoms with Crippen LogP contribution in [-0.4, -0.2) is 11.1 Å². The van der Waals surface area contributed by atoms with Crippen molar-refractivity contribution in [2.24, 2.45) is 0 Å². The van der Waals surface area contributed by atoms with Crippen molar-refractivity contribution in [2.75, 3.05) is 0 Å². The van der Waals surface area contributed by atoms with E-state index in [1.54, 1.807) is 0 Å². The molecule has 0 aliphatic rings. The molecule has 0 aromatic heterocycles. The molecule has 0 unspecified atom stereocenters. The maximum Gasteiger partial charge on any atom is 0.338 e. The lowest BCUT2D eigenvalue weighted by molar-refractivity contribution is -0.137. The molecule has 0 aliphatic heterocycles. The number of esters is 1. The summed E-state index contributed by atoms with van der Waals surface area (Å²) in [6, 6.07) is 9.83. The molecule has 0 aliphatic carbocycles. The molecule has 3 heteroatoms. The molecule has 3 nitrogen and oxygen atoms in total. The van der Waals surface area contributed by atoms with Gasteiger partial charge in [-0.05, 0) is 47.4 Å². The van der Waals surface area contributed by atoms with Crippen LogP contribution in [0.25, 0.3) is 5.57 Å². The first-order valence-corrected chi connectivity index (χ1v) is 10.0. The summed E-state index contributed by atoms with van der Waals surface area (Å²) < 4.78 is 5.55. The molecule has 0 amide bonds. The quantitative estimate of drug-likeness (QED) is 0.485. The second-order valence-electron chi connectivity index (χ2n) is 9.92. The third-order valence-corrected chi connectivity index (χ3v) is 5.05. The topological polar surface area (TPSA) is 46.5 Å². The summed E-state index contributed by atoms with van der Waals surface area (Å²) in [5.41, 5.74) is 5.48. The predicted octanol–water partition coefficient (Wildman–Crippen LogP) is 6.36. The molecular formula is C26H34O3. The molecule has 1 N–H and O–H groups in total. The number of hydrogen-bond donors (Lipinski definition) is 1. The summed E-state index contributed by atoms with van der Waals surface area (Å²) in [5, 5.41) is 10.7. The van der Waals surface area contributed by atoms with Crippen molar-refractivity contribution in [1.82, 2.24) is 0 Å². The lowest BCUT2D eigenvalue weighted by Gasteiger charge is -2.24. The lowest BCUT2D eigenvalue weighted by atomic mass is 9.81. The van der Waals surface area contributed by atoms with Gasteiger partial charge in [-0.2, -0.15) is 0 Å². The molecular weight excluding hydrogens is 360 g/mol. The third-order valence-electron chi connectivity index (χ3n) is 5.05. The largest absolute Gasteiger partial charge is 0.507 e. The average Bonchev–Trinajstić information content (AvgIpc) is 2.59. The zero-order valence-electron chi connectivity index (χ0n) is 19.1. The molecule has 0 spiro atoms. The number of benzene rings is 2. The monoisotopic (exact) mass is 394 g/mol. The summed E-state index contributed by atoms with van der Waals surface area (Å²) in [4.78, 5) is 12.8.